The van der Waals surface area contributed by atoms with E-state index in [-0.39, 0.29) is 0 Å². The summed E-state index contributed by atoms with van der Waals surface area (Å²) in [5, 5.41) is 1.26. The van der Waals surface area contributed by atoms with Crippen LogP contribution in [0.4, 0.5) is 0 Å². The summed E-state index contributed by atoms with van der Waals surface area (Å²) < 4.78 is 0. The molecule has 2 rings (SSSR count). The first-order valence-electron chi connectivity index (χ1n) is 5.36. The van der Waals surface area contributed by atoms with Gasteiger partial charge in [-0.25, -0.2) is 0 Å². The predicted octanol–water partition coefficient (Wildman–Crippen LogP) is 3.99. The first-order chi connectivity index (χ1) is 5.80. The number of hydrogen-bond donors (Lipinski definition) is 0. The monoisotopic (exact) mass is 230 g/mol. The number of halogens is 1. The van der Waals surface area contributed by atoms with E-state index in [2.05, 4.69) is 22.9 Å². The van der Waals surface area contributed by atoms with E-state index in [9.17, 15) is 0 Å². The molecule has 0 saturated heterocycles. The van der Waals surface area contributed by atoms with Crippen LogP contribution in [0, 0.1) is 17.3 Å². The summed E-state index contributed by atoms with van der Waals surface area (Å²) >= 11 is 3.74. The highest BCUT2D eigenvalue weighted by Crippen LogP contribution is 2.58. The van der Waals surface area contributed by atoms with Crippen molar-refractivity contribution in [3.63, 3.8) is 0 Å². The molecule has 70 valence electrons. The molecule has 1 heteroatoms. The molecule has 0 N–H and O–H groups in total. The lowest BCUT2D eigenvalue weighted by Gasteiger charge is -2.36. The van der Waals surface area contributed by atoms with Crippen molar-refractivity contribution in [3.05, 3.63) is 0 Å². The highest BCUT2D eigenvalue weighted by molar-refractivity contribution is 9.09. The Labute approximate surface area is 84.2 Å². The van der Waals surface area contributed by atoms with E-state index < -0.39 is 0 Å². The smallest absolute Gasteiger partial charge is 0.00907 e. The molecule has 2 aliphatic rings. The molecule has 2 saturated carbocycles. The van der Waals surface area contributed by atoms with Gasteiger partial charge in [-0.15, -0.1) is 0 Å². The highest BCUT2D eigenvalue weighted by atomic mass is 79.9. The van der Waals surface area contributed by atoms with Gasteiger partial charge in [-0.1, -0.05) is 35.7 Å². The summed E-state index contributed by atoms with van der Waals surface area (Å²) in [7, 11) is 0. The minimum absolute atomic E-state index is 0.720. The van der Waals surface area contributed by atoms with Crippen molar-refractivity contribution in [2.24, 2.45) is 17.3 Å². The summed E-state index contributed by atoms with van der Waals surface area (Å²) in [4.78, 5) is 0. The summed E-state index contributed by atoms with van der Waals surface area (Å²) in [6.45, 7) is 2.33. The van der Waals surface area contributed by atoms with Gasteiger partial charge in [0, 0.05) is 5.33 Å². The average Bonchev–Trinajstić information content (AvgIpc) is 2.64. The summed E-state index contributed by atoms with van der Waals surface area (Å²) in [6, 6.07) is 0. The molecule has 0 aromatic heterocycles. The molecule has 0 heterocycles. The molecule has 3 unspecified atom stereocenters. The van der Waals surface area contributed by atoms with E-state index >= 15 is 0 Å². The Kier molecular flexibility index (Phi) is 2.51. The van der Waals surface area contributed by atoms with Gasteiger partial charge in [-0.3, -0.25) is 0 Å². The molecule has 0 aliphatic heterocycles. The van der Waals surface area contributed by atoms with Crippen molar-refractivity contribution >= 4 is 15.9 Å². The van der Waals surface area contributed by atoms with Crippen molar-refractivity contribution in [1.29, 1.82) is 0 Å². The molecular weight excluding hydrogens is 212 g/mol. The van der Waals surface area contributed by atoms with Crippen molar-refractivity contribution < 1.29 is 0 Å². The fourth-order valence-electron chi connectivity index (χ4n) is 3.59. The van der Waals surface area contributed by atoms with E-state index in [0.717, 1.165) is 17.3 Å². The van der Waals surface area contributed by atoms with E-state index in [1.165, 1.54) is 37.4 Å². The van der Waals surface area contributed by atoms with Crippen LogP contribution in [0.2, 0.25) is 0 Å². The van der Waals surface area contributed by atoms with Gasteiger partial charge >= 0.3 is 0 Å². The Hall–Kier alpha value is 0.480. The van der Waals surface area contributed by atoms with Gasteiger partial charge in [-0.05, 0) is 42.9 Å². The summed E-state index contributed by atoms with van der Waals surface area (Å²) in [6.07, 6.45) is 8.95. The SMILES string of the molecule is CCCC1(CBr)CC2CCC1C2. The molecule has 0 aromatic rings. The number of fused-ring (bicyclic) bond motifs is 2. The van der Waals surface area contributed by atoms with Crippen molar-refractivity contribution in [3.8, 4) is 0 Å². The van der Waals surface area contributed by atoms with Gasteiger partial charge in [0.1, 0.15) is 0 Å². The molecule has 12 heavy (non-hydrogen) atoms. The Morgan fingerprint density at radius 2 is 2.25 bits per heavy atom. The largest absolute Gasteiger partial charge is 0.0922 e. The lowest BCUT2D eigenvalue weighted by molar-refractivity contribution is 0.180. The zero-order valence-corrected chi connectivity index (χ0v) is 9.57. The normalized spacial score (nSPS) is 45.5. The minimum atomic E-state index is 0.720. The Morgan fingerprint density at radius 1 is 1.42 bits per heavy atom. The van der Waals surface area contributed by atoms with E-state index in [0.29, 0.717) is 0 Å². The maximum atomic E-state index is 3.74. The third-order valence-corrected chi connectivity index (χ3v) is 5.23. The molecule has 0 amide bonds. The molecule has 0 nitrogen and oxygen atoms in total. The molecule has 3 atom stereocenters. The molecule has 2 fully saturated rings. The van der Waals surface area contributed by atoms with E-state index in [4.69, 9.17) is 0 Å². The molecular formula is C11H19Br. The van der Waals surface area contributed by atoms with Crippen molar-refractivity contribution in [1.82, 2.24) is 0 Å². The van der Waals surface area contributed by atoms with Crippen LogP contribution >= 0.6 is 15.9 Å². The molecule has 0 spiro atoms. The highest BCUT2D eigenvalue weighted by Gasteiger charge is 2.49. The fraction of sp³-hybridized carbons (Fsp3) is 1.00. The first kappa shape index (κ1) is 9.05. The Morgan fingerprint density at radius 3 is 2.67 bits per heavy atom. The predicted molar refractivity (Wildman–Crippen MR) is 56.6 cm³/mol. The van der Waals surface area contributed by atoms with Crippen LogP contribution < -0.4 is 0 Å². The second-order valence-electron chi connectivity index (χ2n) is 4.83. The lowest BCUT2D eigenvalue weighted by atomic mass is 9.72. The van der Waals surface area contributed by atoms with Crippen LogP contribution in [0.25, 0.3) is 0 Å². The van der Waals surface area contributed by atoms with Gasteiger partial charge in [0.05, 0.1) is 0 Å². The zero-order valence-electron chi connectivity index (χ0n) is 7.98. The number of rotatable bonds is 3. The van der Waals surface area contributed by atoms with Crippen LogP contribution in [0.1, 0.15) is 45.4 Å². The third kappa shape index (κ3) is 1.25. The maximum Gasteiger partial charge on any atom is 0.00907 e. The van der Waals surface area contributed by atoms with Crippen LogP contribution in [0.15, 0.2) is 0 Å². The Balaban J connectivity index is 2.08. The Bertz CT molecular complexity index is 166. The molecule has 2 aliphatic carbocycles. The second-order valence-corrected chi connectivity index (χ2v) is 5.39. The molecule has 0 radical (unpaired) electrons. The standard InChI is InChI=1S/C11H19Br/c1-2-5-11(8-12)7-9-3-4-10(11)6-9/h9-10H,2-8H2,1H3. The quantitative estimate of drug-likeness (QED) is 0.644. The maximum absolute atomic E-state index is 3.74. The second kappa shape index (κ2) is 3.32. The van der Waals surface area contributed by atoms with Gasteiger partial charge in [0.2, 0.25) is 0 Å². The van der Waals surface area contributed by atoms with Gasteiger partial charge in [0.15, 0.2) is 0 Å². The zero-order chi connectivity index (χ0) is 8.60. The lowest BCUT2D eigenvalue weighted by Crippen LogP contribution is -2.29. The first-order valence-corrected chi connectivity index (χ1v) is 6.49. The van der Waals surface area contributed by atoms with Crippen LogP contribution in [-0.4, -0.2) is 5.33 Å². The van der Waals surface area contributed by atoms with Crippen LogP contribution in [0.5, 0.6) is 0 Å². The van der Waals surface area contributed by atoms with Gasteiger partial charge < -0.3 is 0 Å². The summed E-state index contributed by atoms with van der Waals surface area (Å²) in [5.41, 5.74) is 0.720. The number of alkyl halides is 1. The summed E-state index contributed by atoms with van der Waals surface area (Å²) in [5.74, 6) is 2.17. The van der Waals surface area contributed by atoms with Crippen LogP contribution in [0.3, 0.4) is 0 Å². The fourth-order valence-corrected chi connectivity index (χ4v) is 4.56. The van der Waals surface area contributed by atoms with E-state index in [1.54, 1.807) is 6.42 Å². The average molecular weight is 231 g/mol. The van der Waals surface area contributed by atoms with Crippen molar-refractivity contribution in [2.45, 2.75) is 45.4 Å². The van der Waals surface area contributed by atoms with Gasteiger partial charge in [-0.2, -0.15) is 0 Å². The van der Waals surface area contributed by atoms with Crippen LogP contribution in [-0.2, 0) is 0 Å². The van der Waals surface area contributed by atoms with Crippen molar-refractivity contribution in [2.75, 3.05) is 5.33 Å². The third-order valence-electron chi connectivity index (χ3n) is 4.12. The van der Waals surface area contributed by atoms with Gasteiger partial charge in [0.25, 0.3) is 0 Å². The minimum Gasteiger partial charge on any atom is -0.0922 e. The number of hydrogen-bond acceptors (Lipinski definition) is 0. The molecule has 0 aromatic carbocycles. The van der Waals surface area contributed by atoms with E-state index in [1.807, 2.05) is 0 Å². The molecule has 2 bridgehead atoms. The topological polar surface area (TPSA) is 0 Å².